The molecular formula is C17H20Cl2N4S. The SMILES string of the molecule is CCC(C)Sc1nc(Cl)c(C=N)c(NCC(Cl)c2ccccc2)n1. The molecule has 2 N–H and O–H groups in total. The molecule has 24 heavy (non-hydrogen) atoms. The van der Waals surface area contributed by atoms with Gasteiger partial charge in [0, 0.05) is 18.0 Å². The summed E-state index contributed by atoms with van der Waals surface area (Å²) in [7, 11) is 0. The van der Waals surface area contributed by atoms with Crippen LogP contribution in [0.3, 0.4) is 0 Å². The second-order valence-electron chi connectivity index (χ2n) is 5.30. The van der Waals surface area contributed by atoms with Gasteiger partial charge in [0.1, 0.15) is 11.0 Å². The molecule has 2 unspecified atom stereocenters. The van der Waals surface area contributed by atoms with Crippen molar-refractivity contribution in [2.75, 3.05) is 11.9 Å². The fourth-order valence-corrected chi connectivity index (χ4v) is 3.28. The molecule has 0 aliphatic carbocycles. The summed E-state index contributed by atoms with van der Waals surface area (Å²) in [4.78, 5) is 8.78. The first-order chi connectivity index (χ1) is 11.5. The van der Waals surface area contributed by atoms with Crippen LogP contribution in [0.15, 0.2) is 35.5 Å². The van der Waals surface area contributed by atoms with Crippen molar-refractivity contribution in [3.05, 3.63) is 46.6 Å². The zero-order chi connectivity index (χ0) is 17.5. The number of alkyl halides is 1. The van der Waals surface area contributed by atoms with Crippen LogP contribution in [0.4, 0.5) is 5.82 Å². The van der Waals surface area contributed by atoms with Gasteiger partial charge in [-0.15, -0.1) is 11.6 Å². The Hall–Kier alpha value is -1.30. The summed E-state index contributed by atoms with van der Waals surface area (Å²) in [5.41, 5.74) is 1.50. The number of rotatable bonds is 8. The first-order valence-corrected chi connectivity index (χ1v) is 9.42. The summed E-state index contributed by atoms with van der Waals surface area (Å²) in [6.45, 7) is 4.71. The van der Waals surface area contributed by atoms with Gasteiger partial charge in [-0.05, 0) is 12.0 Å². The molecule has 0 saturated carbocycles. The number of nitrogens with one attached hydrogen (secondary N) is 2. The van der Waals surface area contributed by atoms with Crippen LogP contribution in [0.25, 0.3) is 0 Å². The lowest BCUT2D eigenvalue weighted by molar-refractivity contribution is 0.880. The minimum Gasteiger partial charge on any atom is -0.368 e. The molecule has 0 radical (unpaired) electrons. The van der Waals surface area contributed by atoms with E-state index in [1.807, 2.05) is 30.3 Å². The highest BCUT2D eigenvalue weighted by Crippen LogP contribution is 2.28. The van der Waals surface area contributed by atoms with Crippen LogP contribution >= 0.6 is 35.0 Å². The van der Waals surface area contributed by atoms with Crippen molar-refractivity contribution in [1.82, 2.24) is 9.97 Å². The molecule has 1 aromatic carbocycles. The highest BCUT2D eigenvalue weighted by atomic mass is 35.5. The van der Waals surface area contributed by atoms with Gasteiger partial charge in [0.2, 0.25) is 0 Å². The van der Waals surface area contributed by atoms with Crippen molar-refractivity contribution >= 4 is 47.0 Å². The van der Waals surface area contributed by atoms with Gasteiger partial charge in [0.15, 0.2) is 5.16 Å². The molecule has 0 spiro atoms. The van der Waals surface area contributed by atoms with E-state index in [-0.39, 0.29) is 10.5 Å². The van der Waals surface area contributed by atoms with E-state index in [0.717, 1.165) is 18.2 Å². The van der Waals surface area contributed by atoms with E-state index in [4.69, 9.17) is 28.6 Å². The molecule has 2 atom stereocenters. The van der Waals surface area contributed by atoms with Gasteiger partial charge >= 0.3 is 0 Å². The zero-order valence-electron chi connectivity index (χ0n) is 13.6. The van der Waals surface area contributed by atoms with Crippen molar-refractivity contribution in [2.24, 2.45) is 0 Å². The van der Waals surface area contributed by atoms with Crippen LogP contribution in [0, 0.1) is 5.41 Å². The highest BCUT2D eigenvalue weighted by Gasteiger charge is 2.15. The third kappa shape index (κ3) is 5.10. The topological polar surface area (TPSA) is 61.7 Å². The summed E-state index contributed by atoms with van der Waals surface area (Å²) in [5, 5.41) is 11.8. The standard InChI is InChI=1S/C17H20Cl2N4S/c1-3-11(2)24-17-22-15(19)13(9-20)16(23-17)21-10-14(18)12-7-5-4-6-8-12/h4-9,11,14,20H,3,10H2,1-2H3,(H,21,22,23). The van der Waals surface area contributed by atoms with Crippen molar-refractivity contribution in [3.63, 3.8) is 0 Å². The quantitative estimate of drug-likeness (QED) is 0.210. The Balaban J connectivity index is 2.16. The lowest BCUT2D eigenvalue weighted by Crippen LogP contribution is -2.12. The molecule has 1 aromatic heterocycles. The van der Waals surface area contributed by atoms with E-state index in [0.29, 0.717) is 28.3 Å². The van der Waals surface area contributed by atoms with Crippen LogP contribution in [0.5, 0.6) is 0 Å². The Labute approximate surface area is 156 Å². The maximum absolute atomic E-state index is 7.55. The molecule has 0 aliphatic rings. The summed E-state index contributed by atoms with van der Waals surface area (Å²) >= 11 is 14.2. The molecule has 7 heteroatoms. The second-order valence-corrected chi connectivity index (χ2v) is 7.59. The van der Waals surface area contributed by atoms with E-state index < -0.39 is 0 Å². The molecular weight excluding hydrogens is 363 g/mol. The first kappa shape index (κ1) is 19.0. The lowest BCUT2D eigenvalue weighted by Gasteiger charge is -2.15. The van der Waals surface area contributed by atoms with E-state index >= 15 is 0 Å². The Bertz CT molecular complexity index is 682. The minimum absolute atomic E-state index is 0.204. The first-order valence-electron chi connectivity index (χ1n) is 7.72. The Morgan fingerprint density at radius 3 is 2.62 bits per heavy atom. The molecule has 0 saturated heterocycles. The molecule has 0 bridgehead atoms. The monoisotopic (exact) mass is 382 g/mol. The summed E-state index contributed by atoms with van der Waals surface area (Å²) in [6, 6.07) is 9.82. The van der Waals surface area contributed by atoms with E-state index in [2.05, 4.69) is 29.1 Å². The Morgan fingerprint density at radius 1 is 1.29 bits per heavy atom. The second kappa shape index (κ2) is 9.25. The largest absolute Gasteiger partial charge is 0.368 e. The van der Waals surface area contributed by atoms with E-state index in [9.17, 15) is 0 Å². The summed E-state index contributed by atoms with van der Waals surface area (Å²) in [5.74, 6) is 0.539. The van der Waals surface area contributed by atoms with Crippen molar-refractivity contribution in [1.29, 1.82) is 5.41 Å². The molecule has 1 heterocycles. The molecule has 0 amide bonds. The fourth-order valence-electron chi connectivity index (χ4n) is 1.97. The predicted molar refractivity (Wildman–Crippen MR) is 104 cm³/mol. The number of nitrogens with zero attached hydrogens (tertiary/aromatic N) is 2. The Morgan fingerprint density at radius 2 is 2.00 bits per heavy atom. The third-order valence-electron chi connectivity index (χ3n) is 3.51. The van der Waals surface area contributed by atoms with Crippen molar-refractivity contribution in [2.45, 2.75) is 36.1 Å². The van der Waals surface area contributed by atoms with Crippen LogP contribution in [-0.2, 0) is 0 Å². The third-order valence-corrected chi connectivity index (χ3v) is 5.34. The molecule has 0 fully saturated rings. The average Bonchev–Trinajstić information content (AvgIpc) is 2.60. The van der Waals surface area contributed by atoms with Crippen LogP contribution in [0.1, 0.15) is 36.8 Å². The van der Waals surface area contributed by atoms with Crippen LogP contribution in [0.2, 0.25) is 5.15 Å². The van der Waals surface area contributed by atoms with Gasteiger partial charge in [-0.25, -0.2) is 9.97 Å². The van der Waals surface area contributed by atoms with E-state index in [1.54, 1.807) is 11.8 Å². The predicted octanol–water partition coefficient (Wildman–Crippen LogP) is 5.41. The summed E-state index contributed by atoms with van der Waals surface area (Å²) < 4.78 is 0. The number of hydrogen-bond acceptors (Lipinski definition) is 5. The number of benzene rings is 1. The van der Waals surface area contributed by atoms with Crippen molar-refractivity contribution in [3.8, 4) is 0 Å². The number of aromatic nitrogens is 2. The van der Waals surface area contributed by atoms with Gasteiger partial charge in [-0.1, -0.05) is 67.5 Å². The van der Waals surface area contributed by atoms with Crippen LogP contribution < -0.4 is 5.32 Å². The number of thioether (sulfide) groups is 1. The van der Waals surface area contributed by atoms with Crippen molar-refractivity contribution < 1.29 is 0 Å². The minimum atomic E-state index is -0.204. The zero-order valence-corrected chi connectivity index (χ0v) is 15.9. The van der Waals surface area contributed by atoms with Gasteiger partial charge in [0.05, 0.1) is 10.9 Å². The normalized spacial score (nSPS) is 13.3. The van der Waals surface area contributed by atoms with Gasteiger partial charge in [0.25, 0.3) is 0 Å². The average molecular weight is 383 g/mol. The molecule has 2 rings (SSSR count). The van der Waals surface area contributed by atoms with Gasteiger partial charge in [-0.2, -0.15) is 0 Å². The maximum Gasteiger partial charge on any atom is 0.191 e. The Kier molecular flexibility index (Phi) is 7.34. The molecule has 4 nitrogen and oxygen atoms in total. The van der Waals surface area contributed by atoms with Gasteiger partial charge in [-0.3, -0.25) is 0 Å². The maximum atomic E-state index is 7.55. The lowest BCUT2D eigenvalue weighted by atomic mass is 10.1. The molecule has 0 aliphatic heterocycles. The molecule has 128 valence electrons. The smallest absolute Gasteiger partial charge is 0.191 e. The van der Waals surface area contributed by atoms with Crippen LogP contribution in [-0.4, -0.2) is 28.0 Å². The highest BCUT2D eigenvalue weighted by molar-refractivity contribution is 7.99. The summed E-state index contributed by atoms with van der Waals surface area (Å²) in [6.07, 6.45) is 2.17. The van der Waals surface area contributed by atoms with E-state index in [1.165, 1.54) is 0 Å². The van der Waals surface area contributed by atoms with Gasteiger partial charge < -0.3 is 10.7 Å². The number of anilines is 1. The number of hydrogen-bond donors (Lipinski definition) is 2. The molecule has 2 aromatic rings. The fraction of sp³-hybridized carbons (Fsp3) is 0.353. The number of halogens is 2.